The average Bonchev–Trinajstić information content (AvgIpc) is 2.48. The Hall–Kier alpha value is -0.860. The summed E-state index contributed by atoms with van der Waals surface area (Å²) < 4.78 is 6.13. The zero-order valence-corrected chi connectivity index (χ0v) is 14.5. The molecule has 1 saturated carbocycles. The highest BCUT2D eigenvalue weighted by atomic mass is 16.6. The lowest BCUT2D eigenvalue weighted by Crippen LogP contribution is -2.39. The van der Waals surface area contributed by atoms with E-state index >= 15 is 0 Å². The minimum atomic E-state index is -0.670. The van der Waals surface area contributed by atoms with Crippen LogP contribution in [0.15, 0.2) is 30.3 Å². The first kappa shape index (κ1) is 17.5. The van der Waals surface area contributed by atoms with Gasteiger partial charge in [0.25, 0.3) is 0 Å². The summed E-state index contributed by atoms with van der Waals surface area (Å²) in [6.45, 7) is 8.93. The van der Waals surface area contributed by atoms with Crippen LogP contribution >= 0.6 is 0 Å². The molecule has 1 aromatic carbocycles. The van der Waals surface area contributed by atoms with E-state index < -0.39 is 6.29 Å². The molecule has 1 N–H and O–H groups in total. The van der Waals surface area contributed by atoms with Gasteiger partial charge in [0, 0.05) is 5.92 Å². The highest BCUT2D eigenvalue weighted by molar-refractivity contribution is 5.15. The van der Waals surface area contributed by atoms with Crippen molar-refractivity contribution in [3.05, 3.63) is 35.9 Å². The summed E-state index contributed by atoms with van der Waals surface area (Å²) >= 11 is 0. The minimum absolute atomic E-state index is 0.118. The molecule has 1 aliphatic rings. The Morgan fingerprint density at radius 2 is 1.82 bits per heavy atom. The lowest BCUT2D eigenvalue weighted by atomic mass is 9.75. The predicted octanol–water partition coefficient (Wildman–Crippen LogP) is 4.66. The van der Waals surface area contributed by atoms with Crippen molar-refractivity contribution in [2.24, 2.45) is 23.7 Å². The van der Waals surface area contributed by atoms with Gasteiger partial charge < -0.3 is 9.84 Å². The molecule has 0 bridgehead atoms. The molecule has 0 spiro atoms. The third-order valence-corrected chi connectivity index (χ3v) is 5.16. The number of aliphatic hydroxyl groups is 1. The molecule has 0 radical (unpaired) electrons. The molecule has 1 fully saturated rings. The first-order chi connectivity index (χ1) is 10.5. The molecule has 0 amide bonds. The van der Waals surface area contributed by atoms with Crippen LogP contribution in [0, 0.1) is 23.7 Å². The van der Waals surface area contributed by atoms with Crippen molar-refractivity contribution in [3.8, 4) is 0 Å². The van der Waals surface area contributed by atoms with E-state index in [1.54, 1.807) is 0 Å². The molecule has 1 aliphatic carbocycles. The Labute approximate surface area is 135 Å². The van der Waals surface area contributed by atoms with Crippen molar-refractivity contribution >= 4 is 0 Å². The Kier molecular flexibility index (Phi) is 6.46. The van der Waals surface area contributed by atoms with E-state index in [0.717, 1.165) is 12.8 Å². The molecular weight excluding hydrogens is 272 g/mol. The Morgan fingerprint density at radius 1 is 1.14 bits per heavy atom. The third kappa shape index (κ3) is 4.82. The van der Waals surface area contributed by atoms with E-state index in [1.165, 1.54) is 18.4 Å². The van der Waals surface area contributed by atoms with Crippen LogP contribution in [0.3, 0.4) is 0 Å². The monoisotopic (exact) mass is 304 g/mol. The lowest BCUT2D eigenvalue weighted by molar-refractivity contribution is -0.190. The summed E-state index contributed by atoms with van der Waals surface area (Å²) in [5, 5.41) is 10.5. The first-order valence-electron chi connectivity index (χ1n) is 8.84. The largest absolute Gasteiger partial charge is 0.368 e. The fourth-order valence-corrected chi connectivity index (χ4v) is 3.67. The maximum atomic E-state index is 10.5. The molecule has 22 heavy (non-hydrogen) atoms. The predicted molar refractivity (Wildman–Crippen MR) is 91.5 cm³/mol. The van der Waals surface area contributed by atoms with Crippen molar-refractivity contribution in [3.63, 3.8) is 0 Å². The summed E-state index contributed by atoms with van der Waals surface area (Å²) in [5.41, 5.74) is 1.26. The van der Waals surface area contributed by atoms with E-state index in [0.29, 0.717) is 17.8 Å². The third-order valence-electron chi connectivity index (χ3n) is 5.16. The van der Waals surface area contributed by atoms with Crippen LogP contribution in [0.4, 0.5) is 0 Å². The highest BCUT2D eigenvalue weighted by Crippen LogP contribution is 2.36. The molecule has 2 rings (SSSR count). The number of rotatable bonds is 6. The summed E-state index contributed by atoms with van der Waals surface area (Å²) in [5.74, 6) is 2.02. The minimum Gasteiger partial charge on any atom is -0.368 e. The molecule has 2 nitrogen and oxygen atoms in total. The van der Waals surface area contributed by atoms with E-state index in [-0.39, 0.29) is 12.0 Å². The van der Waals surface area contributed by atoms with Gasteiger partial charge in [0.05, 0.1) is 6.10 Å². The van der Waals surface area contributed by atoms with E-state index in [9.17, 15) is 5.11 Å². The van der Waals surface area contributed by atoms with Crippen LogP contribution in [0.2, 0.25) is 0 Å². The zero-order chi connectivity index (χ0) is 16.1. The molecule has 0 heterocycles. The van der Waals surface area contributed by atoms with Crippen molar-refractivity contribution in [1.82, 2.24) is 0 Å². The van der Waals surface area contributed by atoms with Crippen LogP contribution in [0.5, 0.6) is 0 Å². The standard InChI is InChI=1S/C20H32O2/c1-14(2)18-11-10-15(3)12-19(18)22-20(21)16(4)13-17-8-6-5-7-9-17/h5-9,14-16,18-21H,10-13H2,1-4H3/t15-,16?,18+,19-,20?/m1/s1. The van der Waals surface area contributed by atoms with Gasteiger partial charge in [-0.25, -0.2) is 0 Å². The molecule has 2 heteroatoms. The number of aliphatic hydroxyl groups excluding tert-OH is 1. The number of benzene rings is 1. The van der Waals surface area contributed by atoms with Gasteiger partial charge in [0.1, 0.15) is 0 Å². The summed E-state index contributed by atoms with van der Waals surface area (Å²) in [7, 11) is 0. The smallest absolute Gasteiger partial charge is 0.157 e. The zero-order valence-electron chi connectivity index (χ0n) is 14.5. The molecule has 0 aliphatic heterocycles. The van der Waals surface area contributed by atoms with E-state index in [1.807, 2.05) is 18.2 Å². The van der Waals surface area contributed by atoms with Gasteiger partial charge in [-0.1, -0.05) is 64.4 Å². The molecular formula is C20H32O2. The highest BCUT2D eigenvalue weighted by Gasteiger charge is 2.33. The van der Waals surface area contributed by atoms with Gasteiger partial charge in [0.15, 0.2) is 6.29 Å². The summed E-state index contributed by atoms with van der Waals surface area (Å²) in [6.07, 6.45) is 3.99. The quantitative estimate of drug-likeness (QED) is 0.774. The average molecular weight is 304 g/mol. The fourth-order valence-electron chi connectivity index (χ4n) is 3.67. The van der Waals surface area contributed by atoms with Gasteiger partial charge in [-0.3, -0.25) is 0 Å². The fraction of sp³-hybridized carbons (Fsp3) is 0.700. The molecule has 2 unspecified atom stereocenters. The summed E-state index contributed by atoms with van der Waals surface area (Å²) in [6, 6.07) is 10.4. The topological polar surface area (TPSA) is 29.5 Å². The molecule has 5 atom stereocenters. The maximum Gasteiger partial charge on any atom is 0.157 e. The van der Waals surface area contributed by atoms with Gasteiger partial charge in [-0.05, 0) is 42.6 Å². The van der Waals surface area contributed by atoms with Crippen molar-refractivity contribution in [2.75, 3.05) is 0 Å². The van der Waals surface area contributed by atoms with Crippen molar-refractivity contribution in [1.29, 1.82) is 0 Å². The number of ether oxygens (including phenoxy) is 1. The molecule has 0 aromatic heterocycles. The molecule has 0 saturated heterocycles. The van der Waals surface area contributed by atoms with Gasteiger partial charge >= 0.3 is 0 Å². The molecule has 124 valence electrons. The number of hydrogen-bond acceptors (Lipinski definition) is 2. The van der Waals surface area contributed by atoms with Crippen molar-refractivity contribution in [2.45, 2.75) is 65.8 Å². The maximum absolute atomic E-state index is 10.5. The van der Waals surface area contributed by atoms with Gasteiger partial charge in [-0.15, -0.1) is 0 Å². The second-order valence-electron chi connectivity index (χ2n) is 7.56. The SMILES string of the molecule is CC(Cc1ccccc1)C(O)O[C@@H]1C[C@H](C)CC[C@H]1C(C)C. The second kappa shape index (κ2) is 8.12. The Bertz CT molecular complexity index is 429. The van der Waals surface area contributed by atoms with Crippen molar-refractivity contribution < 1.29 is 9.84 Å². The Balaban J connectivity index is 1.92. The second-order valence-corrected chi connectivity index (χ2v) is 7.56. The van der Waals surface area contributed by atoms with Crippen LogP contribution in [-0.4, -0.2) is 17.5 Å². The first-order valence-corrected chi connectivity index (χ1v) is 8.84. The van der Waals surface area contributed by atoms with Crippen LogP contribution < -0.4 is 0 Å². The lowest BCUT2D eigenvalue weighted by Gasteiger charge is -2.39. The van der Waals surface area contributed by atoms with Gasteiger partial charge in [0.2, 0.25) is 0 Å². The van der Waals surface area contributed by atoms with E-state index in [2.05, 4.69) is 39.8 Å². The number of hydrogen-bond donors (Lipinski definition) is 1. The normalized spacial score (nSPS) is 28.5. The summed E-state index contributed by atoms with van der Waals surface area (Å²) in [4.78, 5) is 0. The van der Waals surface area contributed by atoms with E-state index in [4.69, 9.17) is 4.74 Å². The van der Waals surface area contributed by atoms with Crippen LogP contribution in [-0.2, 0) is 11.2 Å². The molecule has 1 aromatic rings. The van der Waals surface area contributed by atoms with Crippen LogP contribution in [0.1, 0.15) is 52.5 Å². The van der Waals surface area contributed by atoms with Crippen LogP contribution in [0.25, 0.3) is 0 Å². The Morgan fingerprint density at radius 3 is 2.45 bits per heavy atom. The van der Waals surface area contributed by atoms with Gasteiger partial charge in [-0.2, -0.15) is 0 Å².